The molecular weight excluding hydrogens is 151 g/mol. The Labute approximate surface area is 73.5 Å². The highest BCUT2D eigenvalue weighted by Crippen LogP contribution is 2.31. The van der Waals surface area contributed by atoms with Gasteiger partial charge < -0.3 is 0 Å². The Balaban J connectivity index is 2.78. The lowest BCUT2D eigenvalue weighted by Gasteiger charge is -2.22. The molecule has 0 N–H and O–H groups in total. The minimum absolute atomic E-state index is 0.440. The number of halogens is 1. The van der Waals surface area contributed by atoms with Crippen LogP contribution in [0.15, 0.2) is 35.7 Å². The summed E-state index contributed by atoms with van der Waals surface area (Å²) in [6.45, 7) is 7.86. The normalized spacial score (nSPS) is 27.1. The topological polar surface area (TPSA) is 0 Å². The lowest BCUT2D eigenvalue weighted by Crippen LogP contribution is -2.07. The van der Waals surface area contributed by atoms with E-state index in [1.54, 1.807) is 0 Å². The maximum Gasteiger partial charge on any atom is 0.0901 e. The Morgan fingerprint density at radius 2 is 2.42 bits per heavy atom. The van der Waals surface area contributed by atoms with E-state index >= 15 is 0 Å². The Kier molecular flexibility index (Phi) is 2.85. The molecule has 1 atom stereocenters. The average Bonchev–Trinajstić information content (AvgIpc) is 2.05. The molecule has 0 aromatic heterocycles. The molecule has 0 unspecified atom stereocenters. The van der Waals surface area contributed by atoms with E-state index in [0.717, 1.165) is 35.9 Å². The fourth-order valence-corrected chi connectivity index (χ4v) is 1.47. The number of allylic oxidation sites excluding steroid dienone is 4. The van der Waals surface area contributed by atoms with Crippen molar-refractivity contribution in [2.45, 2.75) is 26.7 Å². The van der Waals surface area contributed by atoms with Crippen LogP contribution in [-0.4, -0.2) is 0 Å². The first-order valence-electron chi connectivity index (χ1n) is 4.27. The van der Waals surface area contributed by atoms with E-state index in [1.807, 2.05) is 13.8 Å². The summed E-state index contributed by atoms with van der Waals surface area (Å²) in [5.74, 6) is 0.440. The molecule has 1 aliphatic carbocycles. The van der Waals surface area contributed by atoms with Crippen LogP contribution < -0.4 is 0 Å². The minimum atomic E-state index is 0.440. The standard InChI is InChI=1S/C11H15F/c1-8(2)10-5-4-9(3)11(6-10)7-12/h4,7,10H,1,5-6H2,2-3H3/b11-7+/t10-/m1/s1. The summed E-state index contributed by atoms with van der Waals surface area (Å²) in [5, 5.41) is 0. The summed E-state index contributed by atoms with van der Waals surface area (Å²) in [4.78, 5) is 0. The third-order valence-electron chi connectivity index (χ3n) is 2.51. The van der Waals surface area contributed by atoms with Crippen LogP contribution in [-0.2, 0) is 0 Å². The smallest absolute Gasteiger partial charge is 0.0901 e. The van der Waals surface area contributed by atoms with Crippen LogP contribution >= 0.6 is 0 Å². The zero-order valence-corrected chi connectivity index (χ0v) is 7.73. The van der Waals surface area contributed by atoms with Gasteiger partial charge in [-0.15, -0.1) is 0 Å². The van der Waals surface area contributed by atoms with Crippen molar-refractivity contribution in [3.63, 3.8) is 0 Å². The van der Waals surface area contributed by atoms with Gasteiger partial charge in [-0.1, -0.05) is 18.2 Å². The van der Waals surface area contributed by atoms with Crippen molar-refractivity contribution in [2.24, 2.45) is 5.92 Å². The number of hydrogen-bond acceptors (Lipinski definition) is 0. The maximum atomic E-state index is 12.3. The summed E-state index contributed by atoms with van der Waals surface area (Å²) in [6, 6.07) is 0. The summed E-state index contributed by atoms with van der Waals surface area (Å²) in [6.07, 6.45) is 4.64. The van der Waals surface area contributed by atoms with Crippen molar-refractivity contribution < 1.29 is 4.39 Å². The molecule has 0 aromatic rings. The van der Waals surface area contributed by atoms with E-state index in [9.17, 15) is 4.39 Å². The van der Waals surface area contributed by atoms with Crippen LogP contribution in [0.4, 0.5) is 4.39 Å². The zero-order valence-electron chi connectivity index (χ0n) is 7.73. The first kappa shape index (κ1) is 9.24. The van der Waals surface area contributed by atoms with Crippen molar-refractivity contribution in [3.8, 4) is 0 Å². The highest BCUT2D eigenvalue weighted by atomic mass is 19.1. The zero-order chi connectivity index (χ0) is 9.14. The van der Waals surface area contributed by atoms with Crippen LogP contribution in [0, 0.1) is 5.92 Å². The van der Waals surface area contributed by atoms with Crippen LogP contribution in [0.3, 0.4) is 0 Å². The van der Waals surface area contributed by atoms with E-state index in [4.69, 9.17) is 0 Å². The summed E-state index contributed by atoms with van der Waals surface area (Å²) in [7, 11) is 0. The predicted octanol–water partition coefficient (Wildman–Crippen LogP) is 3.77. The monoisotopic (exact) mass is 166 g/mol. The molecule has 0 fully saturated rings. The molecule has 1 heteroatoms. The molecule has 1 aliphatic rings. The molecule has 0 nitrogen and oxygen atoms in total. The van der Waals surface area contributed by atoms with Gasteiger partial charge in [0.2, 0.25) is 0 Å². The quantitative estimate of drug-likeness (QED) is 0.520. The van der Waals surface area contributed by atoms with Crippen LogP contribution in [0.1, 0.15) is 26.7 Å². The second-order valence-corrected chi connectivity index (χ2v) is 3.50. The van der Waals surface area contributed by atoms with Crippen molar-refractivity contribution in [3.05, 3.63) is 35.7 Å². The molecule has 0 heterocycles. The average molecular weight is 166 g/mol. The summed E-state index contributed by atoms with van der Waals surface area (Å²) < 4.78 is 12.3. The van der Waals surface area contributed by atoms with Gasteiger partial charge in [0.1, 0.15) is 0 Å². The lowest BCUT2D eigenvalue weighted by molar-refractivity contribution is 0.584. The number of hydrogen-bond donors (Lipinski definition) is 0. The SMILES string of the molecule is C=C(C)[C@@H]1CC=C(C)/C(=C/F)C1. The third kappa shape index (κ3) is 1.84. The van der Waals surface area contributed by atoms with Crippen molar-refractivity contribution >= 4 is 0 Å². The molecule has 1 rings (SSSR count). The van der Waals surface area contributed by atoms with Gasteiger partial charge in [0.15, 0.2) is 0 Å². The Bertz CT molecular complexity index is 246. The van der Waals surface area contributed by atoms with E-state index in [2.05, 4.69) is 12.7 Å². The van der Waals surface area contributed by atoms with Crippen LogP contribution in [0.25, 0.3) is 0 Å². The van der Waals surface area contributed by atoms with Crippen molar-refractivity contribution in [2.75, 3.05) is 0 Å². The molecule has 0 saturated heterocycles. The molecule has 0 aliphatic heterocycles. The molecule has 0 spiro atoms. The highest BCUT2D eigenvalue weighted by molar-refractivity contribution is 5.32. The van der Waals surface area contributed by atoms with Gasteiger partial charge in [0, 0.05) is 0 Å². The lowest BCUT2D eigenvalue weighted by atomic mass is 9.83. The van der Waals surface area contributed by atoms with Crippen LogP contribution in [0.2, 0.25) is 0 Å². The van der Waals surface area contributed by atoms with E-state index in [1.165, 1.54) is 0 Å². The summed E-state index contributed by atoms with van der Waals surface area (Å²) >= 11 is 0. The second-order valence-electron chi connectivity index (χ2n) is 3.50. The molecule has 0 amide bonds. The first-order valence-corrected chi connectivity index (χ1v) is 4.27. The molecule has 12 heavy (non-hydrogen) atoms. The van der Waals surface area contributed by atoms with E-state index < -0.39 is 0 Å². The van der Waals surface area contributed by atoms with Crippen molar-refractivity contribution in [1.29, 1.82) is 0 Å². The Hall–Kier alpha value is -0.850. The van der Waals surface area contributed by atoms with Gasteiger partial charge in [-0.05, 0) is 43.8 Å². The molecular formula is C11H15F. The van der Waals surface area contributed by atoms with E-state index in [0.29, 0.717) is 5.92 Å². The number of rotatable bonds is 1. The minimum Gasteiger partial charge on any atom is -0.215 e. The van der Waals surface area contributed by atoms with Gasteiger partial charge in [0.25, 0.3) is 0 Å². The van der Waals surface area contributed by atoms with Crippen LogP contribution in [0.5, 0.6) is 0 Å². The molecule has 0 aromatic carbocycles. The molecule has 66 valence electrons. The molecule has 0 bridgehead atoms. The Morgan fingerprint density at radius 3 is 2.92 bits per heavy atom. The molecule has 0 saturated carbocycles. The fourth-order valence-electron chi connectivity index (χ4n) is 1.47. The maximum absolute atomic E-state index is 12.3. The highest BCUT2D eigenvalue weighted by Gasteiger charge is 2.16. The van der Waals surface area contributed by atoms with Gasteiger partial charge in [-0.25, -0.2) is 4.39 Å². The van der Waals surface area contributed by atoms with Gasteiger partial charge in [-0.3, -0.25) is 0 Å². The predicted molar refractivity (Wildman–Crippen MR) is 50.5 cm³/mol. The molecule has 0 radical (unpaired) electrons. The third-order valence-corrected chi connectivity index (χ3v) is 2.51. The fraction of sp³-hybridized carbons (Fsp3) is 0.455. The first-order chi connectivity index (χ1) is 5.65. The van der Waals surface area contributed by atoms with Gasteiger partial charge in [-0.2, -0.15) is 0 Å². The van der Waals surface area contributed by atoms with Gasteiger partial charge in [0.05, 0.1) is 6.33 Å². The van der Waals surface area contributed by atoms with Gasteiger partial charge >= 0.3 is 0 Å². The largest absolute Gasteiger partial charge is 0.215 e. The van der Waals surface area contributed by atoms with Crippen molar-refractivity contribution in [1.82, 2.24) is 0 Å². The van der Waals surface area contributed by atoms with E-state index in [-0.39, 0.29) is 0 Å². The second kappa shape index (κ2) is 3.70. The Morgan fingerprint density at radius 1 is 1.75 bits per heavy atom. The summed E-state index contributed by atoms with van der Waals surface area (Å²) in [5.41, 5.74) is 3.06.